The highest BCUT2D eigenvalue weighted by atomic mass is 79.9. The minimum Gasteiger partial charge on any atom is -0.481 e. The van der Waals surface area contributed by atoms with Gasteiger partial charge in [0.1, 0.15) is 5.58 Å². The van der Waals surface area contributed by atoms with E-state index in [0.29, 0.717) is 37.0 Å². The Hall–Kier alpha value is -3.42. The molecule has 5 N–H and O–H groups in total. The summed E-state index contributed by atoms with van der Waals surface area (Å²) in [6, 6.07) is 14.8. The molecule has 0 radical (unpaired) electrons. The third kappa shape index (κ3) is 7.08. The van der Waals surface area contributed by atoms with E-state index in [1.807, 2.05) is 0 Å². The quantitative estimate of drug-likeness (QED) is 0.207. The molecular formula is C27H24BrCl2N3O7S. The number of halogens is 3. The van der Waals surface area contributed by atoms with Crippen molar-refractivity contribution in [3.8, 4) is 11.1 Å². The first kappa shape index (κ1) is 32.1. The Kier molecular flexibility index (Phi) is 9.88. The number of nitrogen functional groups attached to an aromatic ring is 1. The van der Waals surface area contributed by atoms with Gasteiger partial charge in [-0.25, -0.2) is 12.7 Å². The molecule has 216 valence electrons. The van der Waals surface area contributed by atoms with Gasteiger partial charge in [0.05, 0.1) is 36.0 Å². The zero-order chi connectivity index (χ0) is 29.4. The first-order valence-corrected chi connectivity index (χ1v) is 14.3. The number of carbonyl (C=O) groups excluding carboxylic acids is 2. The van der Waals surface area contributed by atoms with Crippen LogP contribution in [0, 0.1) is 0 Å². The number of carbonyl (C=O) groups is 3. The average molecular weight is 685 g/mol. The van der Waals surface area contributed by atoms with Crippen molar-refractivity contribution in [1.82, 2.24) is 4.31 Å². The van der Waals surface area contributed by atoms with Gasteiger partial charge in [-0.05, 0) is 53.1 Å². The van der Waals surface area contributed by atoms with Crippen molar-refractivity contribution in [2.24, 2.45) is 5.73 Å². The molecule has 1 amide bonds. The zero-order valence-corrected chi connectivity index (χ0v) is 25.4. The molecule has 0 saturated carbocycles. The molecule has 4 aromatic rings. The fraction of sp³-hybridized carbons (Fsp3) is 0.148. The fourth-order valence-electron chi connectivity index (χ4n) is 4.09. The molecule has 0 aliphatic carbocycles. The monoisotopic (exact) mass is 683 g/mol. The second kappa shape index (κ2) is 12.6. The molecule has 10 nitrogen and oxygen atoms in total. The number of hydrogen-bond donors (Lipinski definition) is 3. The summed E-state index contributed by atoms with van der Waals surface area (Å²) in [5.74, 6) is -2.94. The van der Waals surface area contributed by atoms with Gasteiger partial charge in [0.15, 0.2) is 5.76 Å². The van der Waals surface area contributed by atoms with Crippen LogP contribution < -0.4 is 11.5 Å². The Balaban J connectivity index is 0.00000462. The lowest BCUT2D eigenvalue weighted by Gasteiger charge is -2.23. The van der Waals surface area contributed by atoms with E-state index < -0.39 is 40.1 Å². The molecule has 1 aromatic heterocycles. The number of hydrogen-bond acceptors (Lipinski definition) is 8. The molecule has 0 bridgehead atoms. The molecule has 3 aromatic carbocycles. The molecule has 0 unspecified atom stereocenters. The molecular weight excluding hydrogens is 661 g/mol. The zero-order valence-electron chi connectivity index (χ0n) is 21.3. The van der Waals surface area contributed by atoms with Gasteiger partial charge in [-0.15, -0.1) is 17.0 Å². The molecule has 1 atom stereocenters. The summed E-state index contributed by atoms with van der Waals surface area (Å²) >= 11 is 12.1. The molecule has 0 saturated heterocycles. The summed E-state index contributed by atoms with van der Waals surface area (Å²) in [5.41, 5.74) is 14.3. The Morgan fingerprint density at radius 1 is 1.02 bits per heavy atom. The predicted octanol–water partition coefficient (Wildman–Crippen LogP) is 4.89. The maximum atomic E-state index is 13.1. The number of ketones is 1. The van der Waals surface area contributed by atoms with Crippen molar-refractivity contribution in [3.63, 3.8) is 0 Å². The minimum absolute atomic E-state index is 0. The predicted molar refractivity (Wildman–Crippen MR) is 162 cm³/mol. The molecule has 0 aliphatic rings. The summed E-state index contributed by atoms with van der Waals surface area (Å²) in [6.07, 6.45) is 0.124. The van der Waals surface area contributed by atoms with E-state index in [1.54, 1.807) is 42.5 Å². The van der Waals surface area contributed by atoms with E-state index in [-0.39, 0.29) is 45.6 Å². The van der Waals surface area contributed by atoms with Crippen LogP contribution in [0.15, 0.2) is 65.1 Å². The standard InChI is InChI=1S/C27H23Cl2N3O7S.BrH/c1-40(37,38)32(27(36)21(30)12-23(33)34)13-14-3-2-4-15(9-14)16-5-7-19-22(10-16)39-26(24(19)31)25(35)18-8-6-17(28)11-20(18)29;/h2-11,21H,12-13,30-31H2,1H3,(H,33,34);1H/t21-;/m1./s1. The van der Waals surface area contributed by atoms with Crippen molar-refractivity contribution in [3.05, 3.63) is 87.6 Å². The summed E-state index contributed by atoms with van der Waals surface area (Å²) in [5, 5.41) is 9.96. The van der Waals surface area contributed by atoms with Crippen LogP contribution in [0.4, 0.5) is 5.69 Å². The Labute approximate surface area is 255 Å². The average Bonchev–Trinajstić information content (AvgIpc) is 3.21. The largest absolute Gasteiger partial charge is 0.481 e. The van der Waals surface area contributed by atoms with E-state index in [1.165, 1.54) is 18.2 Å². The highest BCUT2D eigenvalue weighted by molar-refractivity contribution is 8.93. The summed E-state index contributed by atoms with van der Waals surface area (Å²) < 4.78 is 31.1. The van der Waals surface area contributed by atoms with Gasteiger partial charge < -0.3 is 21.0 Å². The van der Waals surface area contributed by atoms with Gasteiger partial charge in [-0.2, -0.15) is 0 Å². The number of furan rings is 1. The van der Waals surface area contributed by atoms with Crippen LogP contribution >= 0.6 is 40.2 Å². The molecule has 0 aliphatic heterocycles. The molecule has 0 fully saturated rings. The number of nitrogens with two attached hydrogens (primary N) is 2. The van der Waals surface area contributed by atoms with Crippen LogP contribution in [0.2, 0.25) is 10.0 Å². The van der Waals surface area contributed by atoms with Crippen molar-refractivity contribution < 1.29 is 32.3 Å². The van der Waals surface area contributed by atoms with Gasteiger partial charge >= 0.3 is 5.97 Å². The topological polar surface area (TPSA) is 174 Å². The highest BCUT2D eigenvalue weighted by Crippen LogP contribution is 2.35. The van der Waals surface area contributed by atoms with E-state index in [9.17, 15) is 22.8 Å². The highest BCUT2D eigenvalue weighted by Gasteiger charge is 2.30. The molecule has 41 heavy (non-hydrogen) atoms. The summed E-state index contributed by atoms with van der Waals surface area (Å²) in [4.78, 5) is 36.7. The number of aliphatic carboxylic acids is 1. The van der Waals surface area contributed by atoms with Crippen LogP contribution in [-0.4, -0.2) is 47.8 Å². The third-order valence-electron chi connectivity index (χ3n) is 6.05. The van der Waals surface area contributed by atoms with E-state index in [2.05, 4.69) is 0 Å². The lowest BCUT2D eigenvalue weighted by atomic mass is 10.0. The fourth-order valence-corrected chi connectivity index (χ4v) is 5.43. The third-order valence-corrected chi connectivity index (χ3v) is 7.71. The van der Waals surface area contributed by atoms with Gasteiger partial charge in [-0.1, -0.05) is 47.5 Å². The molecule has 14 heteroatoms. The number of carboxylic acid groups (broad SMARTS) is 1. The van der Waals surface area contributed by atoms with Crippen molar-refractivity contribution in [2.45, 2.75) is 19.0 Å². The second-order valence-electron chi connectivity index (χ2n) is 9.02. The van der Waals surface area contributed by atoms with Gasteiger partial charge in [0, 0.05) is 16.0 Å². The molecule has 0 spiro atoms. The van der Waals surface area contributed by atoms with Crippen LogP contribution in [0.5, 0.6) is 0 Å². The first-order valence-electron chi connectivity index (χ1n) is 11.7. The molecule has 4 rings (SSSR count). The minimum atomic E-state index is -4.05. The number of nitrogens with zero attached hydrogens (tertiary/aromatic N) is 1. The van der Waals surface area contributed by atoms with E-state index in [0.717, 1.165) is 6.26 Å². The molecule has 1 heterocycles. The van der Waals surface area contributed by atoms with Gasteiger partial charge in [0.25, 0.3) is 5.91 Å². The number of rotatable bonds is 9. The Morgan fingerprint density at radius 2 is 1.71 bits per heavy atom. The van der Waals surface area contributed by atoms with Crippen molar-refractivity contribution in [1.29, 1.82) is 0 Å². The number of amides is 1. The summed E-state index contributed by atoms with van der Waals surface area (Å²) in [7, 11) is -4.05. The van der Waals surface area contributed by atoms with Crippen LogP contribution in [0.25, 0.3) is 22.1 Å². The first-order chi connectivity index (χ1) is 18.8. The maximum absolute atomic E-state index is 13.1. The van der Waals surface area contributed by atoms with E-state index in [4.69, 9.17) is 44.2 Å². The lowest BCUT2D eigenvalue weighted by molar-refractivity contribution is -0.140. The smallest absolute Gasteiger partial charge is 0.305 e. The summed E-state index contributed by atoms with van der Waals surface area (Å²) in [6.45, 7) is -0.352. The SMILES string of the molecule is Br.CS(=O)(=O)N(Cc1cccc(-c2ccc3c(N)c(C(=O)c4ccc(Cl)cc4Cl)oc3c2)c1)C(=O)[C@H](N)CC(=O)O. The van der Waals surface area contributed by atoms with Crippen LogP contribution in [-0.2, 0) is 26.2 Å². The number of fused-ring (bicyclic) bond motifs is 1. The van der Waals surface area contributed by atoms with E-state index >= 15 is 0 Å². The van der Waals surface area contributed by atoms with Crippen LogP contribution in [0.1, 0.15) is 28.1 Å². The second-order valence-corrected chi connectivity index (χ2v) is 11.8. The van der Waals surface area contributed by atoms with Crippen LogP contribution in [0.3, 0.4) is 0 Å². The number of anilines is 1. The Bertz CT molecular complexity index is 1780. The lowest BCUT2D eigenvalue weighted by Crippen LogP contribution is -2.46. The van der Waals surface area contributed by atoms with Gasteiger partial charge in [0.2, 0.25) is 15.8 Å². The number of sulfonamides is 1. The van der Waals surface area contributed by atoms with Crippen molar-refractivity contribution in [2.75, 3.05) is 12.0 Å². The van der Waals surface area contributed by atoms with Crippen molar-refractivity contribution >= 4 is 84.5 Å². The van der Waals surface area contributed by atoms with Gasteiger partial charge in [-0.3, -0.25) is 14.4 Å². The maximum Gasteiger partial charge on any atom is 0.305 e. The number of benzene rings is 3. The Morgan fingerprint density at radius 3 is 2.34 bits per heavy atom. The number of carboxylic acids is 1. The normalized spacial score (nSPS) is 12.0.